The third-order valence-corrected chi connectivity index (χ3v) is 3.05. The van der Waals surface area contributed by atoms with E-state index in [2.05, 4.69) is 10.1 Å². The smallest absolute Gasteiger partial charge is 0.246 e. The molecule has 5 nitrogen and oxygen atoms in total. The van der Waals surface area contributed by atoms with Crippen LogP contribution in [0.2, 0.25) is 10.0 Å². The summed E-state index contributed by atoms with van der Waals surface area (Å²) in [5, 5.41) is 5.58. The third kappa shape index (κ3) is 2.77. The van der Waals surface area contributed by atoms with Gasteiger partial charge in [0.15, 0.2) is 0 Å². The first kappa shape index (κ1) is 14.0. The van der Waals surface area contributed by atoms with Crippen molar-refractivity contribution in [2.75, 3.05) is 38.0 Å². The fourth-order valence-corrected chi connectivity index (χ4v) is 2.08. The molecule has 1 aromatic carbocycles. The van der Waals surface area contributed by atoms with Crippen LogP contribution in [-0.4, -0.2) is 43.0 Å². The lowest BCUT2D eigenvalue weighted by Crippen LogP contribution is -2.15. The standard InChI is InChI=1S/C12H15Cl2N5/c1-17(2)11-15-12(18(3)4)19(16-11)10-6-5-8(13)7-9(10)14/h5-7H,1-4H3. The normalized spacial score (nSPS) is 10.6. The molecule has 0 aliphatic heterocycles. The number of benzene rings is 1. The van der Waals surface area contributed by atoms with E-state index in [4.69, 9.17) is 23.2 Å². The predicted molar refractivity (Wildman–Crippen MR) is 80.0 cm³/mol. The van der Waals surface area contributed by atoms with Gasteiger partial charge in [-0.3, -0.25) is 0 Å². The largest absolute Gasteiger partial charge is 0.347 e. The van der Waals surface area contributed by atoms with Crippen molar-refractivity contribution in [3.05, 3.63) is 28.2 Å². The van der Waals surface area contributed by atoms with E-state index in [0.717, 1.165) is 5.69 Å². The summed E-state index contributed by atoms with van der Waals surface area (Å²) in [4.78, 5) is 8.18. The molecule has 0 aliphatic carbocycles. The Hall–Kier alpha value is -1.46. The molecule has 0 fully saturated rings. The van der Waals surface area contributed by atoms with Gasteiger partial charge in [-0.05, 0) is 18.2 Å². The van der Waals surface area contributed by atoms with Crippen LogP contribution in [0.5, 0.6) is 0 Å². The summed E-state index contributed by atoms with van der Waals surface area (Å²) in [5.41, 5.74) is 0.746. The van der Waals surface area contributed by atoms with Crippen molar-refractivity contribution >= 4 is 35.1 Å². The lowest BCUT2D eigenvalue weighted by Gasteiger charge is -2.13. The fraction of sp³-hybridized carbons (Fsp3) is 0.333. The van der Waals surface area contributed by atoms with Crippen molar-refractivity contribution in [2.24, 2.45) is 0 Å². The molecule has 2 rings (SSSR count). The Morgan fingerprint density at radius 1 is 1.05 bits per heavy atom. The molecule has 19 heavy (non-hydrogen) atoms. The van der Waals surface area contributed by atoms with Gasteiger partial charge >= 0.3 is 0 Å². The second-order valence-corrected chi connectivity index (χ2v) is 5.35. The molecule has 1 heterocycles. The van der Waals surface area contributed by atoms with E-state index in [1.54, 1.807) is 16.8 Å². The van der Waals surface area contributed by atoms with Crippen LogP contribution in [0, 0.1) is 0 Å². The second kappa shape index (κ2) is 5.27. The minimum absolute atomic E-state index is 0.533. The Balaban J connectivity index is 2.60. The maximum Gasteiger partial charge on any atom is 0.246 e. The van der Waals surface area contributed by atoms with Crippen molar-refractivity contribution in [2.45, 2.75) is 0 Å². The van der Waals surface area contributed by atoms with Gasteiger partial charge in [0.25, 0.3) is 0 Å². The Kier molecular flexibility index (Phi) is 3.87. The summed E-state index contributed by atoms with van der Waals surface area (Å²) < 4.78 is 1.70. The van der Waals surface area contributed by atoms with Gasteiger partial charge in [-0.1, -0.05) is 23.2 Å². The maximum absolute atomic E-state index is 6.22. The zero-order chi connectivity index (χ0) is 14.2. The number of halogens is 2. The first-order valence-electron chi connectivity index (χ1n) is 5.67. The molecule has 102 valence electrons. The maximum atomic E-state index is 6.22. The average Bonchev–Trinajstić information content (AvgIpc) is 2.73. The van der Waals surface area contributed by atoms with Gasteiger partial charge in [0, 0.05) is 33.2 Å². The van der Waals surface area contributed by atoms with Gasteiger partial charge < -0.3 is 9.80 Å². The molecule has 0 radical (unpaired) electrons. The summed E-state index contributed by atoms with van der Waals surface area (Å²) in [6.07, 6.45) is 0. The number of aromatic nitrogens is 3. The minimum Gasteiger partial charge on any atom is -0.347 e. The Morgan fingerprint density at radius 3 is 2.26 bits per heavy atom. The van der Waals surface area contributed by atoms with Gasteiger partial charge in [0.1, 0.15) is 0 Å². The van der Waals surface area contributed by atoms with Crippen LogP contribution in [0.15, 0.2) is 18.2 Å². The quantitative estimate of drug-likeness (QED) is 0.873. The first-order valence-corrected chi connectivity index (χ1v) is 6.43. The fourth-order valence-electron chi connectivity index (χ4n) is 1.59. The zero-order valence-corrected chi connectivity index (χ0v) is 12.7. The molecule has 2 aromatic rings. The molecule has 0 atom stereocenters. The van der Waals surface area contributed by atoms with Gasteiger partial charge in [-0.2, -0.15) is 9.67 Å². The van der Waals surface area contributed by atoms with Crippen LogP contribution >= 0.6 is 23.2 Å². The summed E-state index contributed by atoms with van der Waals surface area (Å²) in [6.45, 7) is 0. The van der Waals surface area contributed by atoms with Gasteiger partial charge in [0.05, 0.1) is 10.7 Å². The highest BCUT2D eigenvalue weighted by atomic mass is 35.5. The van der Waals surface area contributed by atoms with Gasteiger partial charge in [-0.15, -0.1) is 5.10 Å². The van der Waals surface area contributed by atoms with E-state index in [1.807, 2.05) is 44.1 Å². The van der Waals surface area contributed by atoms with Crippen molar-refractivity contribution in [1.29, 1.82) is 0 Å². The number of nitrogens with zero attached hydrogens (tertiary/aromatic N) is 5. The van der Waals surface area contributed by atoms with E-state index in [-0.39, 0.29) is 0 Å². The number of rotatable bonds is 3. The SMILES string of the molecule is CN(C)c1nc(N(C)C)n(-c2ccc(Cl)cc2Cl)n1. The topological polar surface area (TPSA) is 37.2 Å². The van der Waals surface area contributed by atoms with Crippen molar-refractivity contribution in [3.8, 4) is 5.69 Å². The zero-order valence-electron chi connectivity index (χ0n) is 11.2. The highest BCUT2D eigenvalue weighted by Gasteiger charge is 2.16. The Labute approximate surface area is 122 Å². The molecule has 0 saturated carbocycles. The molecule has 0 amide bonds. The lowest BCUT2D eigenvalue weighted by molar-refractivity contribution is 0.843. The van der Waals surface area contributed by atoms with Gasteiger partial charge in [-0.25, -0.2) is 0 Å². The summed E-state index contributed by atoms with van der Waals surface area (Å²) in [6, 6.07) is 5.29. The number of hydrogen-bond donors (Lipinski definition) is 0. The third-order valence-electron chi connectivity index (χ3n) is 2.52. The first-order chi connectivity index (χ1) is 8.90. The molecule has 0 N–H and O–H groups in total. The van der Waals surface area contributed by atoms with Crippen molar-refractivity contribution in [1.82, 2.24) is 14.8 Å². The molecular weight excluding hydrogens is 285 g/mol. The molecule has 0 saturated heterocycles. The van der Waals surface area contributed by atoms with E-state index < -0.39 is 0 Å². The number of anilines is 2. The lowest BCUT2D eigenvalue weighted by atomic mass is 10.3. The molecule has 0 aliphatic rings. The van der Waals surface area contributed by atoms with E-state index in [0.29, 0.717) is 21.9 Å². The van der Waals surface area contributed by atoms with Crippen LogP contribution in [0.3, 0.4) is 0 Å². The highest BCUT2D eigenvalue weighted by Crippen LogP contribution is 2.27. The minimum atomic E-state index is 0.533. The van der Waals surface area contributed by atoms with Crippen LogP contribution in [0.4, 0.5) is 11.9 Å². The van der Waals surface area contributed by atoms with Crippen LogP contribution in [0.1, 0.15) is 0 Å². The Morgan fingerprint density at radius 2 is 1.74 bits per heavy atom. The van der Waals surface area contributed by atoms with E-state index in [1.165, 1.54) is 0 Å². The predicted octanol–water partition coefficient (Wildman–Crippen LogP) is 2.71. The summed E-state index contributed by atoms with van der Waals surface area (Å²) >= 11 is 12.1. The van der Waals surface area contributed by atoms with Gasteiger partial charge in [0.2, 0.25) is 11.9 Å². The molecule has 0 spiro atoms. The second-order valence-electron chi connectivity index (χ2n) is 4.51. The van der Waals surface area contributed by atoms with E-state index >= 15 is 0 Å². The average molecular weight is 300 g/mol. The van der Waals surface area contributed by atoms with Crippen LogP contribution < -0.4 is 9.80 Å². The summed E-state index contributed by atoms with van der Waals surface area (Å²) in [5.74, 6) is 1.32. The van der Waals surface area contributed by atoms with Crippen LogP contribution in [-0.2, 0) is 0 Å². The molecular formula is C12H15Cl2N5. The summed E-state index contributed by atoms with van der Waals surface area (Å²) in [7, 11) is 7.60. The highest BCUT2D eigenvalue weighted by molar-refractivity contribution is 6.35. The molecule has 1 aromatic heterocycles. The van der Waals surface area contributed by atoms with Crippen LogP contribution in [0.25, 0.3) is 5.69 Å². The van der Waals surface area contributed by atoms with E-state index in [9.17, 15) is 0 Å². The number of hydrogen-bond acceptors (Lipinski definition) is 4. The van der Waals surface area contributed by atoms with Crippen molar-refractivity contribution in [3.63, 3.8) is 0 Å². The molecule has 0 unspecified atom stereocenters. The molecule has 0 bridgehead atoms. The Bertz CT molecular complexity index is 592. The molecule has 7 heteroatoms. The monoisotopic (exact) mass is 299 g/mol. The van der Waals surface area contributed by atoms with Crippen molar-refractivity contribution < 1.29 is 0 Å².